The number of H-pyrrole nitrogens is 1. The number of amides is 1. The van der Waals surface area contributed by atoms with Crippen LogP contribution in [0.1, 0.15) is 16.8 Å². The Balaban J connectivity index is 1.46. The lowest BCUT2D eigenvalue weighted by molar-refractivity contribution is -0.134. The second-order valence-corrected chi connectivity index (χ2v) is 7.65. The van der Waals surface area contributed by atoms with Crippen LogP contribution in [0.2, 0.25) is 10.0 Å². The number of carbonyl (C=O) groups excluding carboxylic acids is 1. The molecule has 1 aromatic heterocycles. The molecule has 144 valence electrons. The maximum atomic E-state index is 12.7. The summed E-state index contributed by atoms with van der Waals surface area (Å²) in [7, 11) is 0. The van der Waals surface area contributed by atoms with Gasteiger partial charge in [-0.1, -0.05) is 35.3 Å². The molecular formula is C21H19Cl2N3O2. The highest BCUT2D eigenvalue weighted by Gasteiger charge is 2.26. The van der Waals surface area contributed by atoms with Crippen LogP contribution in [0, 0.1) is 6.92 Å². The number of nitrogens with one attached hydrogen (secondary N) is 1. The van der Waals surface area contributed by atoms with Gasteiger partial charge in [-0.2, -0.15) is 5.10 Å². The number of aryl methyl sites for hydroxylation is 1. The second-order valence-electron chi connectivity index (χ2n) is 6.80. The molecule has 2 heterocycles. The van der Waals surface area contributed by atoms with Gasteiger partial charge < -0.3 is 9.64 Å². The highest BCUT2D eigenvalue weighted by Crippen LogP contribution is 2.30. The Morgan fingerprint density at radius 1 is 1.25 bits per heavy atom. The summed E-state index contributed by atoms with van der Waals surface area (Å²) in [5, 5.41) is 8.88. The van der Waals surface area contributed by atoms with Crippen molar-refractivity contribution < 1.29 is 9.53 Å². The lowest BCUT2D eigenvalue weighted by Gasteiger charge is -2.27. The van der Waals surface area contributed by atoms with Crippen molar-refractivity contribution in [1.29, 1.82) is 0 Å². The largest absolute Gasteiger partial charge is 0.484 e. The molecular weight excluding hydrogens is 397 g/mol. The molecule has 4 rings (SSSR count). The number of aromatic amines is 1. The molecule has 1 N–H and O–H groups in total. The first kappa shape index (κ1) is 18.8. The van der Waals surface area contributed by atoms with Crippen molar-refractivity contribution in [2.45, 2.75) is 19.9 Å². The molecule has 0 saturated heterocycles. The van der Waals surface area contributed by atoms with Crippen LogP contribution in [0.3, 0.4) is 0 Å². The molecule has 0 unspecified atom stereocenters. The molecule has 0 saturated carbocycles. The summed E-state index contributed by atoms with van der Waals surface area (Å²) in [5.74, 6) is 0.576. The zero-order chi connectivity index (χ0) is 19.7. The second kappa shape index (κ2) is 7.86. The Kier molecular flexibility index (Phi) is 5.29. The Labute approximate surface area is 173 Å². The number of nitrogens with zero attached hydrogens (tertiary/aromatic N) is 2. The van der Waals surface area contributed by atoms with E-state index < -0.39 is 0 Å². The maximum absolute atomic E-state index is 12.7. The number of aromatic nitrogens is 2. The van der Waals surface area contributed by atoms with Gasteiger partial charge >= 0.3 is 0 Å². The van der Waals surface area contributed by atoms with Gasteiger partial charge in [-0.15, -0.1) is 0 Å². The lowest BCUT2D eigenvalue weighted by atomic mass is 10.0. The van der Waals surface area contributed by atoms with Crippen molar-refractivity contribution in [1.82, 2.24) is 15.1 Å². The smallest absolute Gasteiger partial charge is 0.260 e. The van der Waals surface area contributed by atoms with E-state index in [-0.39, 0.29) is 12.5 Å². The summed E-state index contributed by atoms with van der Waals surface area (Å²) in [4.78, 5) is 14.5. The maximum Gasteiger partial charge on any atom is 0.260 e. The summed E-state index contributed by atoms with van der Waals surface area (Å²) in [6.45, 7) is 3.02. The van der Waals surface area contributed by atoms with Gasteiger partial charge in [-0.25, -0.2) is 0 Å². The molecule has 0 aliphatic carbocycles. The van der Waals surface area contributed by atoms with Crippen LogP contribution < -0.4 is 4.74 Å². The van der Waals surface area contributed by atoms with E-state index in [1.807, 2.05) is 37.3 Å². The average Bonchev–Trinajstić information content (AvgIpc) is 3.12. The van der Waals surface area contributed by atoms with Crippen molar-refractivity contribution in [2.75, 3.05) is 13.2 Å². The lowest BCUT2D eigenvalue weighted by Crippen LogP contribution is -2.38. The molecule has 7 heteroatoms. The van der Waals surface area contributed by atoms with E-state index in [4.69, 9.17) is 27.9 Å². The summed E-state index contributed by atoms with van der Waals surface area (Å²) in [6.07, 6.45) is 0.731. The van der Waals surface area contributed by atoms with E-state index in [1.54, 1.807) is 17.0 Å². The summed E-state index contributed by atoms with van der Waals surface area (Å²) in [5.41, 5.74) is 4.78. The van der Waals surface area contributed by atoms with Crippen LogP contribution in [0.15, 0.2) is 42.5 Å². The molecule has 0 atom stereocenters. The van der Waals surface area contributed by atoms with Crippen molar-refractivity contribution in [3.8, 4) is 17.0 Å². The molecule has 0 spiro atoms. The first-order valence-corrected chi connectivity index (χ1v) is 9.75. The predicted octanol–water partition coefficient (Wildman–Crippen LogP) is 4.66. The predicted molar refractivity (Wildman–Crippen MR) is 110 cm³/mol. The topological polar surface area (TPSA) is 58.2 Å². The van der Waals surface area contributed by atoms with Crippen molar-refractivity contribution >= 4 is 29.1 Å². The highest BCUT2D eigenvalue weighted by molar-refractivity contribution is 6.31. The van der Waals surface area contributed by atoms with Gasteiger partial charge in [0.2, 0.25) is 0 Å². The number of benzene rings is 2. The third-order valence-corrected chi connectivity index (χ3v) is 5.54. The number of fused-ring (bicyclic) bond motifs is 1. The van der Waals surface area contributed by atoms with Gasteiger partial charge in [0.15, 0.2) is 6.61 Å². The summed E-state index contributed by atoms with van der Waals surface area (Å²) in [6, 6.07) is 12.9. The van der Waals surface area contributed by atoms with Crippen LogP contribution in [-0.2, 0) is 17.8 Å². The zero-order valence-corrected chi connectivity index (χ0v) is 16.8. The van der Waals surface area contributed by atoms with Crippen LogP contribution >= 0.6 is 23.2 Å². The molecule has 1 aliphatic heterocycles. The third kappa shape index (κ3) is 3.86. The number of carbonyl (C=O) groups is 1. The fraction of sp³-hybridized carbons (Fsp3) is 0.238. The SMILES string of the molecule is Cc1cc(OCC(=O)N2CCc3[nH]nc(-c4cccc(Cl)c4)c3C2)ccc1Cl. The van der Waals surface area contributed by atoms with Gasteiger partial charge in [-0.05, 0) is 42.8 Å². The van der Waals surface area contributed by atoms with E-state index in [1.165, 1.54) is 0 Å². The molecule has 3 aromatic rings. The van der Waals surface area contributed by atoms with Crippen molar-refractivity contribution in [3.05, 3.63) is 69.3 Å². The average molecular weight is 416 g/mol. The Bertz CT molecular complexity index is 1030. The molecule has 1 aliphatic rings. The number of hydrogen-bond acceptors (Lipinski definition) is 3. The minimum atomic E-state index is -0.0588. The van der Waals surface area contributed by atoms with E-state index in [9.17, 15) is 4.79 Å². The fourth-order valence-corrected chi connectivity index (χ4v) is 3.63. The van der Waals surface area contributed by atoms with Gasteiger partial charge in [0.25, 0.3) is 5.91 Å². The number of rotatable bonds is 4. The Morgan fingerprint density at radius 3 is 2.89 bits per heavy atom. The minimum Gasteiger partial charge on any atom is -0.484 e. The van der Waals surface area contributed by atoms with Gasteiger partial charge in [-0.3, -0.25) is 9.89 Å². The number of halogens is 2. The number of ether oxygens (including phenoxy) is 1. The Hall–Kier alpha value is -2.50. The molecule has 1 amide bonds. The molecule has 5 nitrogen and oxygen atoms in total. The van der Waals surface area contributed by atoms with Crippen LogP contribution in [0.25, 0.3) is 11.3 Å². The molecule has 0 fully saturated rings. The van der Waals surface area contributed by atoms with Gasteiger partial charge in [0.05, 0.1) is 5.69 Å². The third-order valence-electron chi connectivity index (χ3n) is 4.88. The minimum absolute atomic E-state index is 0.0131. The molecule has 0 bridgehead atoms. The van der Waals surface area contributed by atoms with Gasteiger partial charge in [0.1, 0.15) is 5.75 Å². The zero-order valence-electron chi connectivity index (χ0n) is 15.3. The van der Waals surface area contributed by atoms with Crippen LogP contribution in [0.5, 0.6) is 5.75 Å². The molecule has 2 aromatic carbocycles. The van der Waals surface area contributed by atoms with E-state index in [2.05, 4.69) is 10.2 Å². The highest BCUT2D eigenvalue weighted by atomic mass is 35.5. The standard InChI is InChI=1S/C21H19Cl2N3O2/c1-13-9-16(5-6-18(13)23)28-12-20(27)26-8-7-19-17(11-26)21(25-24-19)14-3-2-4-15(22)10-14/h2-6,9-10H,7-8,11-12H2,1H3,(H,24,25). The fourth-order valence-electron chi connectivity index (χ4n) is 3.33. The van der Waals surface area contributed by atoms with Crippen LogP contribution in [-0.4, -0.2) is 34.2 Å². The monoisotopic (exact) mass is 415 g/mol. The first-order valence-electron chi connectivity index (χ1n) is 9.00. The first-order chi connectivity index (χ1) is 13.5. The van der Waals surface area contributed by atoms with Crippen molar-refractivity contribution in [3.63, 3.8) is 0 Å². The van der Waals surface area contributed by atoms with Crippen molar-refractivity contribution in [2.24, 2.45) is 0 Å². The number of hydrogen-bond donors (Lipinski definition) is 1. The normalized spacial score (nSPS) is 13.3. The van der Waals surface area contributed by atoms with E-state index >= 15 is 0 Å². The van der Waals surface area contributed by atoms with E-state index in [0.29, 0.717) is 28.9 Å². The quantitative estimate of drug-likeness (QED) is 0.673. The summed E-state index contributed by atoms with van der Waals surface area (Å²) >= 11 is 12.1. The molecule has 28 heavy (non-hydrogen) atoms. The summed E-state index contributed by atoms with van der Waals surface area (Å²) < 4.78 is 5.67. The Morgan fingerprint density at radius 2 is 2.11 bits per heavy atom. The molecule has 0 radical (unpaired) electrons. The van der Waals surface area contributed by atoms with E-state index in [0.717, 1.165) is 34.5 Å². The van der Waals surface area contributed by atoms with Gasteiger partial charge in [0, 0.05) is 46.4 Å². The van der Waals surface area contributed by atoms with Crippen LogP contribution in [0.4, 0.5) is 0 Å².